The van der Waals surface area contributed by atoms with E-state index in [0.717, 1.165) is 33.4 Å². The third kappa shape index (κ3) is 7.79. The largest absolute Gasteiger partial charge is 0.496 e. The quantitative estimate of drug-likeness (QED) is 0.134. The molecule has 2 aliphatic carbocycles. The maximum absolute atomic E-state index is 6.25. The fourth-order valence-electron chi connectivity index (χ4n) is 15.0. The van der Waals surface area contributed by atoms with E-state index in [-0.39, 0.29) is 10.8 Å². The van der Waals surface area contributed by atoms with Gasteiger partial charge in [0.25, 0.3) is 0 Å². The zero-order valence-electron chi connectivity index (χ0n) is 49.2. The van der Waals surface area contributed by atoms with Gasteiger partial charge in [0.1, 0.15) is 11.5 Å². The molecule has 0 aromatic heterocycles. The molecule has 0 saturated heterocycles. The minimum absolute atomic E-state index is 0.257. The third-order valence-corrected chi connectivity index (χ3v) is 19.3. The van der Waals surface area contributed by atoms with E-state index in [4.69, 9.17) is 9.47 Å². The number of methoxy groups -OCH3 is 2. The lowest BCUT2D eigenvalue weighted by Crippen LogP contribution is -2.15. The molecule has 0 amide bonds. The number of ether oxygens (including phenoxy) is 2. The Morgan fingerprint density at radius 2 is 0.488 bits per heavy atom. The Hall–Kier alpha value is -10.3. The molecule has 0 aliphatic heterocycles. The Labute approximate surface area is 503 Å². The number of fused-ring (bicyclic) bond motifs is 10. The van der Waals surface area contributed by atoms with Crippen LogP contribution in [0.3, 0.4) is 0 Å². The molecule has 0 heterocycles. The second kappa shape index (κ2) is 19.7. The van der Waals surface area contributed by atoms with E-state index in [1.54, 1.807) is 14.2 Å². The molecule has 0 fully saturated rings. The lowest BCUT2D eigenvalue weighted by Gasteiger charge is -2.24. The average molecular weight is 1100 g/mol. The van der Waals surface area contributed by atoms with Crippen LogP contribution >= 0.6 is 0 Å². The second-order valence-corrected chi connectivity index (χ2v) is 24.5. The first-order valence-corrected chi connectivity index (χ1v) is 30.0. The molecule has 2 nitrogen and oxygen atoms in total. The van der Waals surface area contributed by atoms with Crippen molar-refractivity contribution in [1.29, 1.82) is 0 Å². The molecular weight excluding hydrogens is 1040 g/mol. The van der Waals surface area contributed by atoms with Crippen LogP contribution in [0.1, 0.15) is 49.9 Å². The summed E-state index contributed by atoms with van der Waals surface area (Å²) in [5.74, 6) is 1.74. The summed E-state index contributed by atoms with van der Waals surface area (Å²) < 4.78 is 12.5. The van der Waals surface area contributed by atoms with Gasteiger partial charge in [0.05, 0.1) is 14.2 Å². The highest BCUT2D eigenvalue weighted by molar-refractivity contribution is 6.24. The van der Waals surface area contributed by atoms with E-state index in [0.29, 0.717) is 0 Å². The predicted molar refractivity (Wildman–Crippen MR) is 363 cm³/mol. The van der Waals surface area contributed by atoms with E-state index in [1.807, 2.05) is 0 Å². The minimum atomic E-state index is -0.257. The molecule has 14 aromatic carbocycles. The SMILES string of the molecule is COc1cccc2c(-c3ccc4c(c3)C(C)(C)c3cc(-c5ccc6c(c5)C(C)(C)c5cc(-c7c8ccccc8c(-c8ccc(-c9ccccc9)cc8)c8c(OC)cccc78)ccc5-6)ccc3-4)c3ccccc3c(-c3ccc(-c4ccccc4)cc3)c12. The molecule has 14 aromatic rings. The molecule has 0 bridgehead atoms. The van der Waals surface area contributed by atoms with Crippen LogP contribution in [0.5, 0.6) is 11.5 Å². The van der Waals surface area contributed by atoms with Crippen LogP contribution in [0, 0.1) is 0 Å². The Kier molecular flexibility index (Phi) is 11.7. The zero-order chi connectivity index (χ0) is 58.0. The van der Waals surface area contributed by atoms with E-state index >= 15 is 0 Å². The summed E-state index contributed by atoms with van der Waals surface area (Å²) in [6.45, 7) is 9.63. The maximum atomic E-state index is 6.25. The molecule has 0 saturated carbocycles. The van der Waals surface area contributed by atoms with Gasteiger partial charge in [-0.3, -0.25) is 0 Å². The molecule has 2 aliphatic rings. The highest BCUT2D eigenvalue weighted by atomic mass is 16.5. The van der Waals surface area contributed by atoms with Crippen molar-refractivity contribution in [2.75, 3.05) is 14.2 Å². The van der Waals surface area contributed by atoms with Crippen molar-refractivity contribution in [2.45, 2.75) is 38.5 Å². The topological polar surface area (TPSA) is 18.5 Å². The van der Waals surface area contributed by atoms with Crippen LogP contribution in [0.15, 0.2) is 267 Å². The summed E-state index contributed by atoms with van der Waals surface area (Å²) in [4.78, 5) is 0. The molecule has 0 N–H and O–H groups in total. The van der Waals surface area contributed by atoms with Gasteiger partial charge in [-0.1, -0.05) is 258 Å². The second-order valence-electron chi connectivity index (χ2n) is 24.5. The van der Waals surface area contributed by atoms with Crippen LogP contribution in [0.25, 0.3) is 143 Å². The monoisotopic (exact) mass is 1100 g/mol. The zero-order valence-corrected chi connectivity index (χ0v) is 49.2. The molecule has 0 spiro atoms. The van der Waals surface area contributed by atoms with Crippen molar-refractivity contribution >= 4 is 43.1 Å². The number of hydrogen-bond donors (Lipinski definition) is 0. The highest BCUT2D eigenvalue weighted by Crippen LogP contribution is 2.56. The predicted octanol–water partition coefficient (Wildman–Crippen LogP) is 22.6. The molecule has 86 heavy (non-hydrogen) atoms. The molecule has 0 atom stereocenters. The minimum Gasteiger partial charge on any atom is -0.496 e. The van der Waals surface area contributed by atoms with Crippen LogP contribution in [-0.2, 0) is 10.8 Å². The van der Waals surface area contributed by atoms with Gasteiger partial charge in [-0.2, -0.15) is 0 Å². The summed E-state index contributed by atoms with van der Waals surface area (Å²) in [6.07, 6.45) is 0. The highest BCUT2D eigenvalue weighted by Gasteiger charge is 2.39. The Morgan fingerprint density at radius 1 is 0.221 bits per heavy atom. The third-order valence-electron chi connectivity index (χ3n) is 19.3. The fourth-order valence-corrected chi connectivity index (χ4v) is 15.0. The van der Waals surface area contributed by atoms with Gasteiger partial charge in [-0.05, 0) is 180 Å². The summed E-state index contributed by atoms with van der Waals surface area (Å²) >= 11 is 0. The summed E-state index contributed by atoms with van der Waals surface area (Å²) in [6, 6.07) is 99.0. The first-order chi connectivity index (χ1) is 42.1. The van der Waals surface area contributed by atoms with E-state index < -0.39 is 0 Å². The summed E-state index contributed by atoms with van der Waals surface area (Å²) in [5, 5.41) is 9.46. The number of rotatable bonds is 9. The van der Waals surface area contributed by atoms with Gasteiger partial charge in [-0.25, -0.2) is 0 Å². The Balaban J connectivity index is 0.754. The van der Waals surface area contributed by atoms with Gasteiger partial charge in [0.15, 0.2) is 0 Å². The average Bonchev–Trinajstić information content (AvgIpc) is 1.27. The molecule has 0 unspecified atom stereocenters. The maximum Gasteiger partial charge on any atom is 0.127 e. The number of hydrogen-bond acceptors (Lipinski definition) is 2. The van der Waals surface area contributed by atoms with Crippen molar-refractivity contribution in [3.63, 3.8) is 0 Å². The Bertz CT molecular complexity index is 4760. The van der Waals surface area contributed by atoms with Gasteiger partial charge in [0.2, 0.25) is 0 Å². The van der Waals surface area contributed by atoms with Crippen LogP contribution in [-0.4, -0.2) is 14.2 Å². The lowest BCUT2D eigenvalue weighted by atomic mass is 9.79. The first-order valence-electron chi connectivity index (χ1n) is 30.0. The molecular formula is C84H62O2. The van der Waals surface area contributed by atoms with Gasteiger partial charge < -0.3 is 9.47 Å². The van der Waals surface area contributed by atoms with Crippen LogP contribution < -0.4 is 9.47 Å². The van der Waals surface area contributed by atoms with Crippen molar-refractivity contribution in [1.82, 2.24) is 0 Å². The first kappa shape index (κ1) is 51.4. The smallest absolute Gasteiger partial charge is 0.127 e. The molecule has 0 radical (unpaired) electrons. The van der Waals surface area contributed by atoms with Crippen molar-refractivity contribution < 1.29 is 9.47 Å². The standard InChI is InChI=1S/C84H62O2/c1-83(2)71-47-57(39-43-61(71)63-45-41-59(49-73(63)83)77-65-23-13-15-25-67(65)79(81-69(77)27-17-29-75(81)85-5)55-35-31-53(32-36-55)51-19-9-7-10-20-51)58-40-44-62-64-46-42-60(50-74(64)84(3,4)72(62)48-58)78-66-24-14-16-26-68(66)80(82-70(78)28-18-30-76(82)86-6)56-37-33-54(34-38-56)52-21-11-8-12-22-52/h7-50H,1-6H3. The number of benzene rings is 14. The van der Waals surface area contributed by atoms with E-state index in [2.05, 4.69) is 295 Å². The van der Waals surface area contributed by atoms with Crippen LogP contribution in [0.2, 0.25) is 0 Å². The lowest BCUT2D eigenvalue weighted by molar-refractivity contribution is 0.420. The van der Waals surface area contributed by atoms with E-state index in [1.165, 1.54) is 144 Å². The van der Waals surface area contributed by atoms with E-state index in [9.17, 15) is 0 Å². The summed E-state index contributed by atoms with van der Waals surface area (Å²) in [7, 11) is 3.59. The Morgan fingerprint density at radius 3 is 0.837 bits per heavy atom. The van der Waals surface area contributed by atoms with Crippen LogP contribution in [0.4, 0.5) is 0 Å². The molecule has 410 valence electrons. The molecule has 16 rings (SSSR count). The molecule has 2 heteroatoms. The van der Waals surface area contributed by atoms with Crippen molar-refractivity contribution in [2.24, 2.45) is 0 Å². The van der Waals surface area contributed by atoms with Crippen molar-refractivity contribution in [3.8, 4) is 112 Å². The van der Waals surface area contributed by atoms with Gasteiger partial charge >= 0.3 is 0 Å². The van der Waals surface area contributed by atoms with Gasteiger partial charge in [0, 0.05) is 32.7 Å². The van der Waals surface area contributed by atoms with Gasteiger partial charge in [-0.15, -0.1) is 0 Å². The summed E-state index contributed by atoms with van der Waals surface area (Å²) in [5.41, 5.74) is 26.9. The normalized spacial score (nSPS) is 13.4. The van der Waals surface area contributed by atoms with Crippen molar-refractivity contribution in [3.05, 3.63) is 289 Å². The fraction of sp³-hybridized carbons (Fsp3) is 0.0952.